The summed E-state index contributed by atoms with van der Waals surface area (Å²) in [7, 11) is 5.71. The van der Waals surface area contributed by atoms with Crippen molar-refractivity contribution < 1.29 is 9.84 Å². The normalized spacial score (nSPS) is 14.2. The molecule has 1 N–H and O–H groups in total. The lowest BCUT2D eigenvalue weighted by Gasteiger charge is -2.38. The number of benzene rings is 3. The van der Waals surface area contributed by atoms with Gasteiger partial charge in [0, 0.05) is 39.7 Å². The lowest BCUT2D eigenvalue weighted by Crippen LogP contribution is -2.37. The minimum Gasteiger partial charge on any atom is -0.481 e. The van der Waals surface area contributed by atoms with E-state index in [2.05, 4.69) is 89.8 Å². The van der Waals surface area contributed by atoms with Gasteiger partial charge in [0.05, 0.1) is 18.2 Å². The quantitative estimate of drug-likeness (QED) is 0.222. The van der Waals surface area contributed by atoms with Crippen LogP contribution in [0, 0.1) is 17.3 Å². The minimum atomic E-state index is -1.23. The van der Waals surface area contributed by atoms with E-state index in [1.165, 1.54) is 0 Å². The van der Waals surface area contributed by atoms with Gasteiger partial charge in [0.2, 0.25) is 5.88 Å². The molecule has 38 heavy (non-hydrogen) atoms. The number of pyridine rings is 1. The summed E-state index contributed by atoms with van der Waals surface area (Å²) in [6, 6.07) is 22.5. The maximum Gasteiger partial charge on any atom is 0.217 e. The fourth-order valence-corrected chi connectivity index (χ4v) is 5.39. The Morgan fingerprint density at radius 2 is 1.74 bits per heavy atom. The van der Waals surface area contributed by atoms with E-state index in [0.29, 0.717) is 25.3 Å². The second-order valence-corrected chi connectivity index (χ2v) is 12.2. The van der Waals surface area contributed by atoms with E-state index in [1.54, 1.807) is 7.11 Å². The van der Waals surface area contributed by atoms with Crippen molar-refractivity contribution in [3.63, 3.8) is 0 Å². The zero-order valence-corrected chi connectivity index (χ0v) is 24.8. The number of ether oxygens (including phenoxy) is 1. The Hall–Kier alpha value is -2.91. The molecular formula is C33H37BrN2O2. The summed E-state index contributed by atoms with van der Waals surface area (Å²) in [6.07, 6.45) is 0.984. The summed E-state index contributed by atoms with van der Waals surface area (Å²) in [5, 5.41) is 16.1. The van der Waals surface area contributed by atoms with Gasteiger partial charge in [0.15, 0.2) is 0 Å². The van der Waals surface area contributed by atoms with Crippen LogP contribution in [0.25, 0.3) is 21.7 Å². The van der Waals surface area contributed by atoms with Crippen molar-refractivity contribution in [3.8, 4) is 17.7 Å². The van der Waals surface area contributed by atoms with Crippen molar-refractivity contribution >= 4 is 37.6 Å². The third-order valence-corrected chi connectivity index (χ3v) is 7.37. The fourth-order valence-electron chi connectivity index (χ4n) is 5.01. The second-order valence-electron chi connectivity index (χ2n) is 11.2. The van der Waals surface area contributed by atoms with Gasteiger partial charge in [-0.25, -0.2) is 4.98 Å². The van der Waals surface area contributed by atoms with Crippen molar-refractivity contribution in [2.24, 2.45) is 5.41 Å². The van der Waals surface area contributed by atoms with E-state index < -0.39 is 5.60 Å². The topological polar surface area (TPSA) is 45.6 Å². The summed E-state index contributed by atoms with van der Waals surface area (Å²) in [5.41, 5.74) is 1.22. The highest BCUT2D eigenvalue weighted by Crippen LogP contribution is 2.47. The van der Waals surface area contributed by atoms with Gasteiger partial charge >= 0.3 is 0 Å². The fraction of sp³-hybridized carbons (Fsp3) is 0.364. The molecule has 4 nitrogen and oxygen atoms in total. The minimum absolute atomic E-state index is 0.150. The van der Waals surface area contributed by atoms with Crippen LogP contribution in [-0.4, -0.2) is 42.7 Å². The van der Waals surface area contributed by atoms with Crippen molar-refractivity contribution in [1.82, 2.24) is 9.88 Å². The van der Waals surface area contributed by atoms with E-state index >= 15 is 0 Å². The number of aromatic nitrogens is 1. The van der Waals surface area contributed by atoms with Crippen LogP contribution in [0.2, 0.25) is 0 Å². The maximum atomic E-state index is 12.9. The smallest absolute Gasteiger partial charge is 0.217 e. The lowest BCUT2D eigenvalue weighted by molar-refractivity contribution is -0.00523. The van der Waals surface area contributed by atoms with Crippen LogP contribution >= 0.6 is 15.9 Å². The average molecular weight is 574 g/mol. The predicted molar refractivity (Wildman–Crippen MR) is 162 cm³/mol. The van der Waals surface area contributed by atoms with E-state index in [1.807, 2.05) is 44.4 Å². The molecule has 3 aromatic carbocycles. The van der Waals surface area contributed by atoms with Crippen molar-refractivity contribution in [2.75, 3.05) is 27.7 Å². The molecule has 4 aromatic rings. The first-order valence-electron chi connectivity index (χ1n) is 13.0. The SMILES string of the molecule is COc1nc2ccc(Br)cc2cc1C(CC#CC(C)(C)C)C(O)(CCN(C)C)c1cccc2ccccc12. The first-order chi connectivity index (χ1) is 18.0. The second kappa shape index (κ2) is 11.5. The lowest BCUT2D eigenvalue weighted by atomic mass is 9.72. The Morgan fingerprint density at radius 1 is 1.00 bits per heavy atom. The molecule has 4 rings (SSSR count). The molecule has 0 aliphatic carbocycles. The van der Waals surface area contributed by atoms with Gasteiger partial charge in [0.1, 0.15) is 0 Å². The molecule has 2 unspecified atom stereocenters. The van der Waals surface area contributed by atoms with Crippen molar-refractivity contribution in [3.05, 3.63) is 82.3 Å². The van der Waals surface area contributed by atoms with Gasteiger partial charge in [-0.2, -0.15) is 0 Å². The number of fused-ring (bicyclic) bond motifs is 2. The van der Waals surface area contributed by atoms with Gasteiger partial charge in [-0.05, 0) is 81.9 Å². The van der Waals surface area contributed by atoms with E-state index in [-0.39, 0.29) is 11.3 Å². The molecule has 198 valence electrons. The number of hydrogen-bond donors (Lipinski definition) is 1. The number of nitrogens with zero attached hydrogens (tertiary/aromatic N) is 2. The van der Waals surface area contributed by atoms with Crippen LogP contribution in [0.4, 0.5) is 0 Å². The number of aliphatic hydroxyl groups is 1. The number of rotatable bonds is 8. The van der Waals surface area contributed by atoms with Gasteiger partial charge in [-0.1, -0.05) is 64.3 Å². The van der Waals surface area contributed by atoms with Crippen LogP contribution < -0.4 is 4.74 Å². The Labute approximate surface area is 235 Å². The third kappa shape index (κ3) is 6.21. The zero-order chi connectivity index (χ0) is 27.5. The highest BCUT2D eigenvalue weighted by atomic mass is 79.9. The van der Waals surface area contributed by atoms with E-state index in [9.17, 15) is 5.11 Å². The summed E-state index contributed by atoms with van der Waals surface area (Å²) < 4.78 is 6.84. The van der Waals surface area contributed by atoms with Gasteiger partial charge in [-0.15, -0.1) is 5.92 Å². The number of hydrogen-bond acceptors (Lipinski definition) is 4. The molecule has 0 radical (unpaired) electrons. The van der Waals surface area contributed by atoms with Gasteiger partial charge < -0.3 is 14.7 Å². The highest BCUT2D eigenvalue weighted by Gasteiger charge is 2.42. The Kier molecular flexibility index (Phi) is 8.47. The van der Waals surface area contributed by atoms with Crippen LogP contribution in [0.3, 0.4) is 0 Å². The Morgan fingerprint density at radius 3 is 2.45 bits per heavy atom. The molecule has 0 spiro atoms. The summed E-state index contributed by atoms with van der Waals surface area (Å²) in [5.74, 6) is 6.96. The number of halogens is 1. The standard InChI is InChI=1S/C33H37BrN2O2/c1-32(2,3)18-10-15-29(27-22-24-21-25(34)16-17-30(24)35-31(27)38-6)33(37,19-20-36(4)5)28-14-9-12-23-11-7-8-13-26(23)28/h7-9,11-14,16-17,21-22,29,37H,15,19-20H2,1-6H3. The largest absolute Gasteiger partial charge is 0.481 e. The monoisotopic (exact) mass is 572 g/mol. The van der Waals surface area contributed by atoms with Crippen molar-refractivity contribution in [1.29, 1.82) is 0 Å². The molecule has 0 saturated carbocycles. The predicted octanol–water partition coefficient (Wildman–Crippen LogP) is 7.52. The summed E-state index contributed by atoms with van der Waals surface area (Å²) in [6.45, 7) is 7.02. The molecular weight excluding hydrogens is 536 g/mol. The van der Waals surface area contributed by atoms with Crippen LogP contribution in [0.1, 0.15) is 50.7 Å². The average Bonchev–Trinajstić information content (AvgIpc) is 2.88. The molecule has 0 saturated heterocycles. The number of methoxy groups -OCH3 is 1. The van der Waals surface area contributed by atoms with E-state index in [0.717, 1.165) is 37.3 Å². The maximum absolute atomic E-state index is 12.9. The van der Waals surface area contributed by atoms with Crippen molar-refractivity contribution in [2.45, 2.75) is 45.1 Å². The molecule has 2 atom stereocenters. The molecule has 0 aliphatic rings. The Bertz CT molecular complexity index is 1490. The van der Waals surface area contributed by atoms with Crippen LogP contribution in [-0.2, 0) is 5.60 Å². The van der Waals surface area contributed by atoms with E-state index in [4.69, 9.17) is 9.72 Å². The molecule has 0 aliphatic heterocycles. The summed E-state index contributed by atoms with van der Waals surface area (Å²) in [4.78, 5) is 6.98. The van der Waals surface area contributed by atoms with Crippen LogP contribution in [0.15, 0.2) is 71.2 Å². The van der Waals surface area contributed by atoms with Gasteiger partial charge in [0.25, 0.3) is 0 Å². The third-order valence-electron chi connectivity index (χ3n) is 6.88. The Balaban J connectivity index is 2.01. The van der Waals surface area contributed by atoms with Crippen LogP contribution in [0.5, 0.6) is 5.88 Å². The first-order valence-corrected chi connectivity index (χ1v) is 13.8. The molecule has 0 fully saturated rings. The molecule has 0 bridgehead atoms. The summed E-state index contributed by atoms with van der Waals surface area (Å²) >= 11 is 3.60. The highest BCUT2D eigenvalue weighted by molar-refractivity contribution is 9.10. The first kappa shape index (κ1) is 28.1. The van der Waals surface area contributed by atoms with Gasteiger partial charge in [-0.3, -0.25) is 0 Å². The zero-order valence-electron chi connectivity index (χ0n) is 23.2. The molecule has 1 aromatic heterocycles. The molecule has 0 amide bonds. The molecule has 5 heteroatoms. The molecule has 1 heterocycles.